The van der Waals surface area contributed by atoms with E-state index >= 15 is 0 Å². The van der Waals surface area contributed by atoms with E-state index in [0.29, 0.717) is 5.15 Å². The average molecular weight is 289 g/mol. The number of nitrogens with zero attached hydrogens (tertiary/aromatic N) is 2. The van der Waals surface area contributed by atoms with Gasteiger partial charge in [0.1, 0.15) is 16.7 Å². The molecule has 104 valence electrons. The van der Waals surface area contributed by atoms with Gasteiger partial charge in [-0.25, -0.2) is 9.97 Å². The van der Waals surface area contributed by atoms with Crippen molar-refractivity contribution >= 4 is 11.6 Å². The Morgan fingerprint density at radius 1 is 1.30 bits per heavy atom. The van der Waals surface area contributed by atoms with Gasteiger partial charge in [0.2, 0.25) is 0 Å². The van der Waals surface area contributed by atoms with E-state index in [1.165, 1.54) is 5.56 Å². The molecule has 20 heavy (non-hydrogen) atoms. The molecule has 1 aliphatic rings. The molecule has 0 saturated heterocycles. The molecule has 0 saturated carbocycles. The first-order valence-electron chi connectivity index (χ1n) is 6.98. The number of para-hydroxylation sites is 1. The molecule has 3 nitrogen and oxygen atoms in total. The predicted octanol–water partition coefficient (Wildman–Crippen LogP) is 3.99. The van der Waals surface area contributed by atoms with E-state index in [2.05, 4.69) is 24.0 Å². The lowest BCUT2D eigenvalue weighted by atomic mass is 10.0. The molecule has 0 radical (unpaired) electrons. The highest BCUT2D eigenvalue weighted by Gasteiger charge is 2.20. The fraction of sp³-hybridized carbons (Fsp3) is 0.375. The zero-order valence-electron chi connectivity index (χ0n) is 11.7. The molecule has 0 atom stereocenters. The van der Waals surface area contributed by atoms with E-state index in [9.17, 15) is 0 Å². The summed E-state index contributed by atoms with van der Waals surface area (Å²) in [7, 11) is 0. The number of ether oxygens (including phenoxy) is 1. The fourth-order valence-corrected chi connectivity index (χ4v) is 2.72. The number of halogens is 1. The van der Waals surface area contributed by atoms with Gasteiger partial charge in [-0.3, -0.25) is 0 Å². The summed E-state index contributed by atoms with van der Waals surface area (Å²) in [5.74, 6) is 1.75. The lowest BCUT2D eigenvalue weighted by Gasteiger charge is -2.12. The van der Waals surface area contributed by atoms with Crippen LogP contribution in [0.3, 0.4) is 0 Å². The first-order valence-corrected chi connectivity index (χ1v) is 7.36. The number of hydrogen-bond donors (Lipinski definition) is 0. The molecule has 1 aromatic heterocycles. The molecule has 0 bridgehead atoms. The Balaban J connectivity index is 2.17. The molecule has 1 aromatic carbocycles. The maximum atomic E-state index is 6.26. The lowest BCUT2D eigenvalue weighted by molar-refractivity contribution is 0.358. The molecule has 3 rings (SSSR count). The maximum absolute atomic E-state index is 6.26. The second-order valence-electron chi connectivity index (χ2n) is 5.05. The highest BCUT2D eigenvalue weighted by atomic mass is 35.5. The van der Waals surface area contributed by atoms with Crippen molar-refractivity contribution in [1.82, 2.24) is 9.97 Å². The molecular formula is C16H17ClN2O. The highest BCUT2D eigenvalue weighted by Crippen LogP contribution is 2.38. The minimum absolute atomic E-state index is 0.536. The van der Waals surface area contributed by atoms with Gasteiger partial charge in [-0.1, -0.05) is 30.7 Å². The molecular weight excluding hydrogens is 272 g/mol. The van der Waals surface area contributed by atoms with Crippen LogP contribution in [0.2, 0.25) is 5.15 Å². The van der Waals surface area contributed by atoms with Crippen molar-refractivity contribution < 1.29 is 4.74 Å². The van der Waals surface area contributed by atoms with E-state index in [0.717, 1.165) is 54.3 Å². The summed E-state index contributed by atoms with van der Waals surface area (Å²) in [6.45, 7) is 4.81. The molecule has 0 spiro atoms. The number of aryl methyl sites for hydroxylation is 1. The van der Waals surface area contributed by atoms with Crippen molar-refractivity contribution in [2.75, 3.05) is 6.61 Å². The largest absolute Gasteiger partial charge is 0.492 e. The van der Waals surface area contributed by atoms with Crippen LogP contribution in [0.5, 0.6) is 5.75 Å². The zero-order chi connectivity index (χ0) is 14.1. The van der Waals surface area contributed by atoms with E-state index in [1.807, 2.05) is 13.0 Å². The SMILES string of the molecule is CCCc1nc(Cl)c(C)c(-c2cccc3c2OCC3)n1. The van der Waals surface area contributed by atoms with Crippen molar-refractivity contribution in [3.63, 3.8) is 0 Å². The van der Waals surface area contributed by atoms with Crippen LogP contribution in [-0.2, 0) is 12.8 Å². The van der Waals surface area contributed by atoms with E-state index < -0.39 is 0 Å². The summed E-state index contributed by atoms with van der Waals surface area (Å²) < 4.78 is 5.78. The number of aromatic nitrogens is 2. The number of benzene rings is 1. The third-order valence-electron chi connectivity index (χ3n) is 3.58. The van der Waals surface area contributed by atoms with Gasteiger partial charge in [-0.2, -0.15) is 0 Å². The van der Waals surface area contributed by atoms with Crippen LogP contribution in [0.15, 0.2) is 18.2 Å². The summed E-state index contributed by atoms with van der Waals surface area (Å²) in [5, 5.41) is 0.536. The van der Waals surface area contributed by atoms with Crippen molar-refractivity contribution in [1.29, 1.82) is 0 Å². The van der Waals surface area contributed by atoms with Crippen LogP contribution < -0.4 is 4.74 Å². The van der Waals surface area contributed by atoms with Crippen molar-refractivity contribution in [3.05, 3.63) is 40.3 Å². The second kappa shape index (κ2) is 5.41. The number of rotatable bonds is 3. The number of hydrogen-bond acceptors (Lipinski definition) is 3. The van der Waals surface area contributed by atoms with Crippen LogP contribution in [0.4, 0.5) is 0 Å². The van der Waals surface area contributed by atoms with Gasteiger partial charge >= 0.3 is 0 Å². The standard InChI is InChI=1S/C16H17ClN2O/c1-3-5-13-18-14(10(2)16(17)19-13)12-7-4-6-11-8-9-20-15(11)12/h4,6-7H,3,5,8-9H2,1-2H3. The molecule has 0 N–H and O–H groups in total. The minimum atomic E-state index is 0.536. The van der Waals surface area contributed by atoms with Crippen LogP contribution in [-0.4, -0.2) is 16.6 Å². The molecule has 0 unspecified atom stereocenters. The fourth-order valence-electron chi connectivity index (χ4n) is 2.53. The van der Waals surface area contributed by atoms with Gasteiger partial charge in [0, 0.05) is 24.0 Å². The topological polar surface area (TPSA) is 35.0 Å². The Morgan fingerprint density at radius 2 is 2.15 bits per heavy atom. The molecule has 0 aliphatic carbocycles. The van der Waals surface area contributed by atoms with Gasteiger partial charge in [0.05, 0.1) is 12.3 Å². The van der Waals surface area contributed by atoms with E-state index in [-0.39, 0.29) is 0 Å². The summed E-state index contributed by atoms with van der Waals surface area (Å²) in [6, 6.07) is 6.21. The first-order chi connectivity index (χ1) is 9.70. The smallest absolute Gasteiger partial charge is 0.136 e. The van der Waals surface area contributed by atoms with Crippen LogP contribution in [0.25, 0.3) is 11.3 Å². The van der Waals surface area contributed by atoms with Crippen LogP contribution >= 0.6 is 11.6 Å². The molecule has 0 amide bonds. The van der Waals surface area contributed by atoms with Gasteiger partial charge in [0.25, 0.3) is 0 Å². The average Bonchev–Trinajstić information content (AvgIpc) is 2.91. The van der Waals surface area contributed by atoms with E-state index in [1.54, 1.807) is 0 Å². The van der Waals surface area contributed by atoms with Crippen molar-refractivity contribution in [2.45, 2.75) is 33.1 Å². The Hall–Kier alpha value is -1.61. The monoisotopic (exact) mass is 288 g/mol. The summed E-state index contributed by atoms with van der Waals surface area (Å²) in [4.78, 5) is 9.05. The predicted molar refractivity (Wildman–Crippen MR) is 80.4 cm³/mol. The summed E-state index contributed by atoms with van der Waals surface area (Å²) in [5.41, 5.74) is 4.08. The molecule has 2 heterocycles. The molecule has 4 heteroatoms. The van der Waals surface area contributed by atoms with Gasteiger partial charge in [0.15, 0.2) is 0 Å². The Labute approximate surface area is 124 Å². The molecule has 1 aliphatic heterocycles. The quantitative estimate of drug-likeness (QED) is 0.801. The van der Waals surface area contributed by atoms with Crippen molar-refractivity contribution in [2.24, 2.45) is 0 Å². The van der Waals surface area contributed by atoms with Crippen LogP contribution in [0, 0.1) is 6.92 Å². The Kier molecular flexibility index (Phi) is 3.62. The minimum Gasteiger partial charge on any atom is -0.492 e. The highest BCUT2D eigenvalue weighted by molar-refractivity contribution is 6.30. The third kappa shape index (κ3) is 2.27. The van der Waals surface area contributed by atoms with Gasteiger partial charge in [-0.05, 0) is 25.0 Å². The van der Waals surface area contributed by atoms with Gasteiger partial charge < -0.3 is 4.74 Å². The Bertz CT molecular complexity index is 655. The normalized spacial score (nSPS) is 13.2. The molecule has 2 aromatic rings. The first kappa shape index (κ1) is 13.4. The van der Waals surface area contributed by atoms with Gasteiger partial charge in [-0.15, -0.1) is 0 Å². The van der Waals surface area contributed by atoms with Crippen LogP contribution in [0.1, 0.15) is 30.3 Å². The third-order valence-corrected chi connectivity index (χ3v) is 3.94. The Morgan fingerprint density at radius 3 is 2.95 bits per heavy atom. The number of fused-ring (bicyclic) bond motifs is 1. The van der Waals surface area contributed by atoms with Crippen molar-refractivity contribution in [3.8, 4) is 17.0 Å². The second-order valence-corrected chi connectivity index (χ2v) is 5.40. The zero-order valence-corrected chi connectivity index (χ0v) is 12.5. The summed E-state index contributed by atoms with van der Waals surface area (Å²) in [6.07, 6.45) is 2.80. The summed E-state index contributed by atoms with van der Waals surface area (Å²) >= 11 is 6.26. The van der Waals surface area contributed by atoms with E-state index in [4.69, 9.17) is 21.3 Å². The maximum Gasteiger partial charge on any atom is 0.136 e. The lowest BCUT2D eigenvalue weighted by Crippen LogP contribution is -2.01. The molecule has 0 fully saturated rings.